The summed E-state index contributed by atoms with van der Waals surface area (Å²) >= 11 is 7.04. The third-order valence-corrected chi connectivity index (χ3v) is 3.86. The Morgan fingerprint density at radius 2 is 2.20 bits per heavy atom. The number of rotatable bonds is 6. The molecule has 0 fully saturated rings. The largest absolute Gasteiger partial charge is 0.492 e. The third kappa shape index (κ3) is 3.80. The Morgan fingerprint density at radius 1 is 1.40 bits per heavy atom. The van der Waals surface area contributed by atoms with E-state index in [0.717, 1.165) is 26.1 Å². The van der Waals surface area contributed by atoms with Crippen LogP contribution in [-0.2, 0) is 6.54 Å². The summed E-state index contributed by atoms with van der Waals surface area (Å²) in [4.78, 5) is 4.14. The number of aromatic nitrogens is 3. The highest BCUT2D eigenvalue weighted by Crippen LogP contribution is 2.33. The Bertz CT molecular complexity index is 560. The van der Waals surface area contributed by atoms with Crippen molar-refractivity contribution in [2.24, 2.45) is 0 Å². The molecular formula is C13H16Br2N4O. The summed E-state index contributed by atoms with van der Waals surface area (Å²) in [5.74, 6) is 1.69. The standard InChI is InChI=1S/C13H16Br2N4O/c1-3-20-12-9(4-10(14)5-11(12)15)6-16-8(2)13-17-7-18-19-13/h4-5,7-8,16H,3,6H2,1-2H3,(H,17,18,19). The maximum Gasteiger partial charge on any atom is 0.141 e. The molecule has 0 aliphatic rings. The smallest absolute Gasteiger partial charge is 0.141 e. The number of ether oxygens (including phenoxy) is 1. The lowest BCUT2D eigenvalue weighted by Crippen LogP contribution is -2.20. The molecular weight excluding hydrogens is 388 g/mol. The van der Waals surface area contributed by atoms with Gasteiger partial charge in [-0.15, -0.1) is 0 Å². The van der Waals surface area contributed by atoms with E-state index in [0.29, 0.717) is 13.2 Å². The van der Waals surface area contributed by atoms with E-state index >= 15 is 0 Å². The molecule has 0 aliphatic heterocycles. The van der Waals surface area contributed by atoms with Crippen LogP contribution in [0.25, 0.3) is 0 Å². The van der Waals surface area contributed by atoms with Gasteiger partial charge in [0.1, 0.15) is 17.9 Å². The van der Waals surface area contributed by atoms with E-state index < -0.39 is 0 Å². The molecule has 1 heterocycles. The van der Waals surface area contributed by atoms with Gasteiger partial charge in [-0.1, -0.05) is 15.9 Å². The van der Waals surface area contributed by atoms with Gasteiger partial charge >= 0.3 is 0 Å². The number of nitrogens with one attached hydrogen (secondary N) is 2. The van der Waals surface area contributed by atoms with Crippen LogP contribution in [-0.4, -0.2) is 21.8 Å². The summed E-state index contributed by atoms with van der Waals surface area (Å²) in [6.07, 6.45) is 1.51. The van der Waals surface area contributed by atoms with Crippen LogP contribution in [0.4, 0.5) is 0 Å². The van der Waals surface area contributed by atoms with Crippen molar-refractivity contribution in [3.63, 3.8) is 0 Å². The Hall–Kier alpha value is -0.920. The lowest BCUT2D eigenvalue weighted by atomic mass is 10.2. The van der Waals surface area contributed by atoms with Crippen molar-refractivity contribution in [3.8, 4) is 5.75 Å². The van der Waals surface area contributed by atoms with Crippen LogP contribution in [0.3, 0.4) is 0 Å². The van der Waals surface area contributed by atoms with Crippen molar-refractivity contribution in [1.82, 2.24) is 20.5 Å². The average molecular weight is 404 g/mol. The van der Waals surface area contributed by atoms with Crippen molar-refractivity contribution in [2.75, 3.05) is 6.61 Å². The minimum atomic E-state index is 0.0877. The summed E-state index contributed by atoms with van der Waals surface area (Å²) < 4.78 is 7.66. The van der Waals surface area contributed by atoms with E-state index in [1.165, 1.54) is 6.33 Å². The summed E-state index contributed by atoms with van der Waals surface area (Å²) in [5.41, 5.74) is 1.08. The molecule has 5 nitrogen and oxygen atoms in total. The number of hydrogen-bond donors (Lipinski definition) is 2. The third-order valence-electron chi connectivity index (χ3n) is 2.82. The fourth-order valence-electron chi connectivity index (χ4n) is 1.83. The van der Waals surface area contributed by atoms with Crippen LogP contribution < -0.4 is 10.1 Å². The minimum absolute atomic E-state index is 0.0877. The summed E-state index contributed by atoms with van der Waals surface area (Å²) in [6.45, 7) is 5.32. The molecule has 2 rings (SSSR count). The van der Waals surface area contributed by atoms with Crippen molar-refractivity contribution in [2.45, 2.75) is 26.4 Å². The van der Waals surface area contributed by atoms with Gasteiger partial charge in [0.15, 0.2) is 0 Å². The molecule has 0 radical (unpaired) electrons. The van der Waals surface area contributed by atoms with Gasteiger partial charge in [-0.2, -0.15) is 5.10 Å². The first-order chi connectivity index (χ1) is 9.61. The number of aromatic amines is 1. The minimum Gasteiger partial charge on any atom is -0.492 e. The molecule has 0 bridgehead atoms. The molecule has 1 atom stereocenters. The molecule has 2 N–H and O–H groups in total. The molecule has 108 valence electrons. The van der Waals surface area contributed by atoms with Crippen molar-refractivity contribution < 1.29 is 4.74 Å². The second-order valence-corrected chi connectivity index (χ2v) is 6.05. The lowest BCUT2D eigenvalue weighted by Gasteiger charge is -2.16. The summed E-state index contributed by atoms with van der Waals surface area (Å²) in [6, 6.07) is 4.12. The molecule has 1 unspecified atom stereocenters. The first-order valence-electron chi connectivity index (χ1n) is 6.31. The Morgan fingerprint density at radius 3 is 2.85 bits per heavy atom. The molecule has 7 heteroatoms. The van der Waals surface area contributed by atoms with Crippen LogP contribution in [0.2, 0.25) is 0 Å². The maximum atomic E-state index is 5.70. The fraction of sp³-hybridized carbons (Fsp3) is 0.385. The zero-order valence-corrected chi connectivity index (χ0v) is 14.5. The molecule has 20 heavy (non-hydrogen) atoms. The topological polar surface area (TPSA) is 62.8 Å². The average Bonchev–Trinajstić information content (AvgIpc) is 2.93. The molecule has 1 aromatic carbocycles. The number of hydrogen-bond acceptors (Lipinski definition) is 4. The molecule has 1 aromatic heterocycles. The molecule has 0 saturated heterocycles. The Labute approximate surface area is 134 Å². The van der Waals surface area contributed by atoms with E-state index in [-0.39, 0.29) is 6.04 Å². The Kier molecular flexibility index (Phi) is 5.56. The first kappa shape index (κ1) is 15.5. The van der Waals surface area contributed by atoms with Crippen LogP contribution in [0.5, 0.6) is 5.75 Å². The zero-order valence-electron chi connectivity index (χ0n) is 11.3. The van der Waals surface area contributed by atoms with Crippen molar-refractivity contribution >= 4 is 31.9 Å². The second-order valence-electron chi connectivity index (χ2n) is 4.28. The molecule has 0 spiro atoms. The maximum absolute atomic E-state index is 5.70. The van der Waals surface area contributed by atoms with Crippen molar-refractivity contribution in [3.05, 3.63) is 38.8 Å². The lowest BCUT2D eigenvalue weighted by molar-refractivity contribution is 0.332. The van der Waals surface area contributed by atoms with Crippen molar-refractivity contribution in [1.29, 1.82) is 0 Å². The Balaban J connectivity index is 2.12. The van der Waals surface area contributed by atoms with Gasteiger partial charge in [-0.05, 0) is 41.9 Å². The zero-order chi connectivity index (χ0) is 14.5. The molecule has 0 saturated carbocycles. The van der Waals surface area contributed by atoms with Gasteiger partial charge in [0.25, 0.3) is 0 Å². The van der Waals surface area contributed by atoms with E-state index in [9.17, 15) is 0 Å². The van der Waals surface area contributed by atoms with Crippen LogP contribution in [0.15, 0.2) is 27.4 Å². The highest BCUT2D eigenvalue weighted by molar-refractivity contribution is 9.11. The predicted octanol–water partition coefficient (Wildman–Crippen LogP) is 3.58. The highest BCUT2D eigenvalue weighted by atomic mass is 79.9. The van der Waals surface area contributed by atoms with Gasteiger partial charge in [-0.3, -0.25) is 5.10 Å². The summed E-state index contributed by atoms with van der Waals surface area (Å²) in [5, 5.41) is 10.1. The monoisotopic (exact) mass is 402 g/mol. The van der Waals surface area contributed by atoms with Gasteiger partial charge < -0.3 is 10.1 Å². The van der Waals surface area contributed by atoms with Gasteiger partial charge in [0.2, 0.25) is 0 Å². The van der Waals surface area contributed by atoms with Gasteiger partial charge in [-0.25, -0.2) is 4.98 Å². The summed E-state index contributed by atoms with van der Waals surface area (Å²) in [7, 11) is 0. The van der Waals surface area contributed by atoms with E-state index in [1.807, 2.05) is 19.9 Å². The van der Waals surface area contributed by atoms with Crippen LogP contribution in [0, 0.1) is 0 Å². The number of benzene rings is 1. The molecule has 0 amide bonds. The van der Waals surface area contributed by atoms with Gasteiger partial charge in [0, 0.05) is 16.6 Å². The molecule has 2 aromatic rings. The number of H-pyrrole nitrogens is 1. The van der Waals surface area contributed by atoms with E-state index in [2.05, 4.69) is 58.4 Å². The molecule has 0 aliphatic carbocycles. The number of nitrogens with zero attached hydrogens (tertiary/aromatic N) is 2. The SMILES string of the molecule is CCOc1c(Br)cc(Br)cc1CNC(C)c1ncn[nH]1. The highest BCUT2D eigenvalue weighted by Gasteiger charge is 2.13. The van der Waals surface area contributed by atoms with E-state index in [4.69, 9.17) is 4.74 Å². The van der Waals surface area contributed by atoms with Crippen LogP contribution in [0.1, 0.15) is 31.3 Å². The normalized spacial score (nSPS) is 12.4. The predicted molar refractivity (Wildman–Crippen MR) is 84.6 cm³/mol. The number of halogens is 2. The fourth-order valence-corrected chi connectivity index (χ4v) is 3.26. The van der Waals surface area contributed by atoms with E-state index in [1.54, 1.807) is 0 Å². The first-order valence-corrected chi connectivity index (χ1v) is 7.89. The second kappa shape index (κ2) is 7.19. The van der Waals surface area contributed by atoms with Gasteiger partial charge in [0.05, 0.1) is 17.1 Å². The quantitative estimate of drug-likeness (QED) is 0.773. The van der Waals surface area contributed by atoms with Crippen LogP contribution >= 0.6 is 31.9 Å².